The van der Waals surface area contributed by atoms with Gasteiger partial charge in [-0.15, -0.1) is 11.8 Å². The highest BCUT2D eigenvalue weighted by atomic mass is 35.5. The van der Waals surface area contributed by atoms with Crippen LogP contribution in [-0.2, 0) is 9.53 Å². The molecule has 1 aliphatic heterocycles. The maximum atomic E-state index is 11.4. The summed E-state index contributed by atoms with van der Waals surface area (Å²) < 4.78 is 4.95. The van der Waals surface area contributed by atoms with Crippen molar-refractivity contribution in [3.63, 3.8) is 0 Å². The van der Waals surface area contributed by atoms with E-state index in [-0.39, 0.29) is 12.0 Å². The number of ether oxygens (including phenoxy) is 1. The molecule has 23 heavy (non-hydrogen) atoms. The summed E-state index contributed by atoms with van der Waals surface area (Å²) in [6.07, 6.45) is 1.12. The van der Waals surface area contributed by atoms with E-state index in [9.17, 15) is 4.79 Å². The number of aromatic amines is 1. The molecule has 2 aromatic rings. The maximum Gasteiger partial charge on any atom is 0.305 e. The summed E-state index contributed by atoms with van der Waals surface area (Å²) in [7, 11) is 0. The Kier molecular flexibility index (Phi) is 4.82. The van der Waals surface area contributed by atoms with Crippen LogP contribution >= 0.6 is 23.4 Å². The summed E-state index contributed by atoms with van der Waals surface area (Å²) >= 11 is 7.73. The van der Waals surface area contributed by atoms with Crippen LogP contribution in [0.2, 0.25) is 5.02 Å². The van der Waals surface area contributed by atoms with Crippen molar-refractivity contribution in [2.24, 2.45) is 4.99 Å². The molecule has 0 saturated carbocycles. The van der Waals surface area contributed by atoms with Crippen LogP contribution in [0.15, 0.2) is 23.2 Å². The fourth-order valence-electron chi connectivity index (χ4n) is 2.58. The molecule has 1 aliphatic rings. The van der Waals surface area contributed by atoms with Crippen LogP contribution < -0.4 is 5.73 Å². The molecule has 7 heteroatoms. The third-order valence-electron chi connectivity index (χ3n) is 3.65. The number of halogens is 1. The zero-order valence-electron chi connectivity index (χ0n) is 12.8. The Hall–Kier alpha value is -1.66. The molecule has 3 rings (SSSR count). The van der Waals surface area contributed by atoms with Gasteiger partial charge >= 0.3 is 5.97 Å². The number of anilines is 1. The standard InChI is InChI=1S/C16H18ClN3O2S/c1-2-22-14(21)4-3-11-8-23-16(19-11)13-6-9-5-10(17)7-12(18)15(9)20-13/h5-7,11,20H,2-4,8,18H2,1H3/t11-/m1/s1. The summed E-state index contributed by atoms with van der Waals surface area (Å²) in [6.45, 7) is 2.24. The number of aliphatic imine (C=N–C) groups is 1. The lowest BCUT2D eigenvalue weighted by atomic mass is 10.2. The number of carbonyl (C=O) groups excluding carboxylic acids is 1. The molecule has 0 fully saturated rings. The molecule has 2 heterocycles. The minimum atomic E-state index is -0.158. The highest BCUT2D eigenvalue weighted by molar-refractivity contribution is 8.14. The van der Waals surface area contributed by atoms with Crippen LogP contribution in [0, 0.1) is 0 Å². The number of rotatable bonds is 5. The van der Waals surface area contributed by atoms with Crippen LogP contribution in [0.1, 0.15) is 25.5 Å². The topological polar surface area (TPSA) is 80.5 Å². The number of hydrogen-bond donors (Lipinski definition) is 2. The van der Waals surface area contributed by atoms with E-state index < -0.39 is 0 Å². The molecule has 0 saturated heterocycles. The van der Waals surface area contributed by atoms with Crippen molar-refractivity contribution >= 4 is 51.0 Å². The summed E-state index contributed by atoms with van der Waals surface area (Å²) in [4.78, 5) is 19.4. The average molecular weight is 352 g/mol. The van der Waals surface area contributed by atoms with Gasteiger partial charge in [0.2, 0.25) is 0 Å². The fraction of sp³-hybridized carbons (Fsp3) is 0.375. The number of aromatic nitrogens is 1. The maximum absolute atomic E-state index is 11.4. The Labute approximate surface area is 143 Å². The molecular weight excluding hydrogens is 334 g/mol. The highest BCUT2D eigenvalue weighted by Crippen LogP contribution is 2.30. The smallest absolute Gasteiger partial charge is 0.305 e. The summed E-state index contributed by atoms with van der Waals surface area (Å²) in [6, 6.07) is 5.77. The van der Waals surface area contributed by atoms with Gasteiger partial charge < -0.3 is 15.5 Å². The van der Waals surface area contributed by atoms with Crippen molar-refractivity contribution in [1.82, 2.24) is 4.98 Å². The second-order valence-corrected chi connectivity index (χ2v) is 6.83. The van der Waals surface area contributed by atoms with Gasteiger partial charge in [-0.2, -0.15) is 0 Å². The van der Waals surface area contributed by atoms with Gasteiger partial charge in [0.1, 0.15) is 5.04 Å². The predicted octanol–water partition coefficient (Wildman–Crippen LogP) is 3.61. The first kappa shape index (κ1) is 16.2. The first-order valence-corrected chi connectivity index (χ1v) is 8.87. The minimum Gasteiger partial charge on any atom is -0.466 e. The number of H-pyrrole nitrogens is 1. The van der Waals surface area contributed by atoms with Crippen LogP contribution in [0.4, 0.5) is 5.69 Å². The Balaban J connectivity index is 1.73. The van der Waals surface area contributed by atoms with E-state index in [1.54, 1.807) is 17.8 Å². The molecule has 0 radical (unpaired) electrons. The molecule has 1 atom stereocenters. The lowest BCUT2D eigenvalue weighted by Gasteiger charge is -2.04. The molecule has 0 spiro atoms. The second-order valence-electron chi connectivity index (χ2n) is 5.39. The molecule has 0 aliphatic carbocycles. The monoisotopic (exact) mass is 351 g/mol. The Morgan fingerprint density at radius 3 is 3.13 bits per heavy atom. The van der Waals surface area contributed by atoms with E-state index in [0.29, 0.717) is 30.2 Å². The third-order valence-corrected chi connectivity index (χ3v) is 5.02. The van der Waals surface area contributed by atoms with E-state index in [1.165, 1.54) is 0 Å². The third kappa shape index (κ3) is 3.64. The van der Waals surface area contributed by atoms with E-state index in [2.05, 4.69) is 4.98 Å². The molecule has 1 aromatic carbocycles. The Morgan fingerprint density at radius 1 is 1.52 bits per heavy atom. The normalized spacial score (nSPS) is 17.5. The molecular formula is C16H18ClN3O2S. The number of thioether (sulfide) groups is 1. The average Bonchev–Trinajstić information content (AvgIpc) is 3.11. The van der Waals surface area contributed by atoms with Crippen LogP contribution in [0.25, 0.3) is 10.9 Å². The minimum absolute atomic E-state index is 0.145. The number of nitrogen functional groups attached to an aromatic ring is 1. The number of esters is 1. The molecule has 0 bridgehead atoms. The van der Waals surface area contributed by atoms with Crippen LogP contribution in [0.5, 0.6) is 0 Å². The van der Waals surface area contributed by atoms with Gasteiger partial charge in [-0.3, -0.25) is 9.79 Å². The number of fused-ring (bicyclic) bond motifs is 1. The Bertz CT molecular complexity index is 772. The molecule has 122 valence electrons. The van der Waals surface area contributed by atoms with Crippen molar-refractivity contribution < 1.29 is 9.53 Å². The number of hydrogen-bond acceptors (Lipinski definition) is 5. The lowest BCUT2D eigenvalue weighted by molar-refractivity contribution is -0.143. The molecule has 3 N–H and O–H groups in total. The quantitative estimate of drug-likeness (QED) is 0.637. The van der Waals surface area contributed by atoms with E-state index in [4.69, 9.17) is 27.1 Å². The van der Waals surface area contributed by atoms with Gasteiger partial charge in [0.15, 0.2) is 0 Å². The number of carbonyl (C=O) groups is 1. The summed E-state index contributed by atoms with van der Waals surface area (Å²) in [5, 5.41) is 2.54. The van der Waals surface area contributed by atoms with Gasteiger partial charge in [0, 0.05) is 22.6 Å². The van der Waals surface area contributed by atoms with Gasteiger partial charge in [0.05, 0.1) is 29.5 Å². The lowest BCUT2D eigenvalue weighted by Crippen LogP contribution is -2.10. The largest absolute Gasteiger partial charge is 0.466 e. The number of nitrogens with two attached hydrogens (primary N) is 1. The van der Waals surface area contributed by atoms with Gasteiger partial charge in [-0.1, -0.05) is 11.6 Å². The van der Waals surface area contributed by atoms with Gasteiger partial charge in [-0.05, 0) is 31.5 Å². The zero-order chi connectivity index (χ0) is 16.4. The van der Waals surface area contributed by atoms with E-state index in [1.807, 2.05) is 19.1 Å². The first-order valence-electron chi connectivity index (χ1n) is 7.51. The second kappa shape index (κ2) is 6.84. The molecule has 0 unspecified atom stereocenters. The SMILES string of the molecule is CCOC(=O)CC[C@@H]1CSC(c2cc3cc(Cl)cc(N)c3[nH]2)=N1. The fourth-order valence-corrected chi connectivity index (χ4v) is 3.89. The van der Waals surface area contributed by atoms with Crippen molar-refractivity contribution in [2.45, 2.75) is 25.8 Å². The van der Waals surface area contributed by atoms with Gasteiger partial charge in [-0.25, -0.2) is 0 Å². The van der Waals surface area contributed by atoms with Gasteiger partial charge in [0.25, 0.3) is 0 Å². The van der Waals surface area contributed by atoms with Crippen molar-refractivity contribution in [3.05, 3.63) is 28.9 Å². The predicted molar refractivity (Wildman–Crippen MR) is 96.4 cm³/mol. The highest BCUT2D eigenvalue weighted by Gasteiger charge is 2.22. The number of nitrogens with zero attached hydrogens (tertiary/aromatic N) is 1. The van der Waals surface area contributed by atoms with E-state index >= 15 is 0 Å². The number of nitrogens with one attached hydrogen (secondary N) is 1. The van der Waals surface area contributed by atoms with Crippen molar-refractivity contribution in [3.8, 4) is 0 Å². The van der Waals surface area contributed by atoms with E-state index in [0.717, 1.165) is 27.4 Å². The number of benzene rings is 1. The zero-order valence-corrected chi connectivity index (χ0v) is 14.3. The Morgan fingerprint density at radius 2 is 2.35 bits per heavy atom. The summed E-state index contributed by atoms with van der Waals surface area (Å²) in [5.74, 6) is 0.717. The van der Waals surface area contributed by atoms with Crippen LogP contribution in [-0.4, -0.2) is 34.4 Å². The molecule has 5 nitrogen and oxygen atoms in total. The van der Waals surface area contributed by atoms with Crippen LogP contribution in [0.3, 0.4) is 0 Å². The molecule has 0 amide bonds. The first-order chi connectivity index (χ1) is 11.1. The van der Waals surface area contributed by atoms with Crippen molar-refractivity contribution in [2.75, 3.05) is 18.1 Å². The molecule has 1 aromatic heterocycles. The summed E-state index contributed by atoms with van der Waals surface area (Å²) in [5.41, 5.74) is 8.44. The van der Waals surface area contributed by atoms with Crippen molar-refractivity contribution in [1.29, 1.82) is 0 Å².